The van der Waals surface area contributed by atoms with E-state index >= 15 is 0 Å². The normalized spacial score (nSPS) is 17.4. The van der Waals surface area contributed by atoms with Gasteiger partial charge in [-0.05, 0) is 66.3 Å². The molecule has 11 nitrogen and oxygen atoms in total. The SMILES string of the molecule is C[Si](C)(C)CCOCn1nc(-c2cccc(NCc3ccsc3)n2)c2cnc(NC3CCC(NC(=O)O)CC3)nc21. The van der Waals surface area contributed by atoms with Crippen LogP contribution < -0.4 is 16.0 Å². The fraction of sp³-hybridized carbons (Fsp3) is 0.464. The predicted molar refractivity (Wildman–Crippen MR) is 165 cm³/mol. The van der Waals surface area contributed by atoms with Gasteiger partial charge in [0.2, 0.25) is 5.95 Å². The van der Waals surface area contributed by atoms with E-state index in [0.29, 0.717) is 37.2 Å². The van der Waals surface area contributed by atoms with Gasteiger partial charge in [0, 0.05) is 39.5 Å². The Hall–Kier alpha value is -3.55. The van der Waals surface area contributed by atoms with Gasteiger partial charge in [0.05, 0.1) is 11.1 Å². The Morgan fingerprint density at radius 2 is 1.95 bits per heavy atom. The number of anilines is 2. The minimum absolute atomic E-state index is 0.00533. The Labute approximate surface area is 244 Å². The highest BCUT2D eigenvalue weighted by Gasteiger charge is 2.24. The highest BCUT2D eigenvalue weighted by atomic mass is 32.1. The molecule has 0 bridgehead atoms. The number of thiophene rings is 1. The summed E-state index contributed by atoms with van der Waals surface area (Å²) in [6.07, 6.45) is 4.07. The molecular weight excluding hydrogens is 557 g/mol. The first-order valence-electron chi connectivity index (χ1n) is 14.0. The molecule has 5 rings (SSSR count). The molecule has 0 saturated heterocycles. The second kappa shape index (κ2) is 13.0. The summed E-state index contributed by atoms with van der Waals surface area (Å²) in [6.45, 7) is 8.67. The van der Waals surface area contributed by atoms with E-state index in [-0.39, 0.29) is 12.1 Å². The maximum Gasteiger partial charge on any atom is 0.404 e. The Kier molecular flexibility index (Phi) is 9.15. The Bertz CT molecular complexity index is 1450. The van der Waals surface area contributed by atoms with E-state index in [1.54, 1.807) is 22.2 Å². The standard InChI is InChI=1S/C28H38N8O3SSi/c1-41(2,3)14-12-39-18-36-26-22(16-30-27(34-26)31-20-7-9-21(10-8-20)32-28(37)38)25(35-36)23-5-4-6-24(33-23)29-15-19-11-13-40-17-19/h4-6,11,13,16-17,20-21,32H,7-10,12,14-15,18H2,1-3H3,(H,29,33)(H,37,38)(H,30,31,34). The quantitative estimate of drug-likeness (QED) is 0.117. The number of carboxylic acid groups (broad SMARTS) is 1. The molecule has 1 amide bonds. The number of aromatic nitrogens is 5. The lowest BCUT2D eigenvalue weighted by molar-refractivity contribution is 0.0814. The van der Waals surface area contributed by atoms with E-state index in [4.69, 9.17) is 24.9 Å². The van der Waals surface area contributed by atoms with Crippen molar-refractivity contribution in [3.63, 3.8) is 0 Å². The van der Waals surface area contributed by atoms with Gasteiger partial charge >= 0.3 is 6.09 Å². The zero-order chi connectivity index (χ0) is 28.8. The summed E-state index contributed by atoms with van der Waals surface area (Å²) in [5.74, 6) is 1.30. The summed E-state index contributed by atoms with van der Waals surface area (Å²) >= 11 is 1.68. The van der Waals surface area contributed by atoms with Crippen LogP contribution in [0.2, 0.25) is 25.7 Å². The highest BCUT2D eigenvalue weighted by Crippen LogP contribution is 2.28. The minimum atomic E-state index is -1.22. The number of hydrogen-bond acceptors (Lipinski definition) is 9. The lowest BCUT2D eigenvalue weighted by atomic mass is 9.91. The van der Waals surface area contributed by atoms with Gasteiger partial charge in [-0.2, -0.15) is 21.4 Å². The number of carbonyl (C=O) groups is 1. The fourth-order valence-electron chi connectivity index (χ4n) is 4.83. The average molecular weight is 595 g/mol. The van der Waals surface area contributed by atoms with Crippen LogP contribution in [0.3, 0.4) is 0 Å². The Balaban J connectivity index is 1.36. The first-order valence-corrected chi connectivity index (χ1v) is 18.7. The number of fused-ring (bicyclic) bond motifs is 1. The first-order chi connectivity index (χ1) is 19.7. The van der Waals surface area contributed by atoms with Gasteiger partial charge < -0.3 is 25.8 Å². The molecule has 4 aromatic heterocycles. The van der Waals surface area contributed by atoms with Crippen LogP contribution in [-0.2, 0) is 18.0 Å². The number of nitrogens with zero attached hydrogens (tertiary/aromatic N) is 5. The van der Waals surface area contributed by atoms with Crippen LogP contribution in [0.1, 0.15) is 31.2 Å². The summed E-state index contributed by atoms with van der Waals surface area (Å²) in [7, 11) is -1.22. The largest absolute Gasteiger partial charge is 0.465 e. The highest BCUT2D eigenvalue weighted by molar-refractivity contribution is 7.07. The molecule has 0 spiro atoms. The lowest BCUT2D eigenvalue weighted by Gasteiger charge is -2.28. The fourth-order valence-corrected chi connectivity index (χ4v) is 6.25. The van der Waals surface area contributed by atoms with Crippen molar-refractivity contribution in [2.75, 3.05) is 17.2 Å². The van der Waals surface area contributed by atoms with Gasteiger partial charge in [-0.25, -0.2) is 19.4 Å². The third kappa shape index (κ3) is 8.02. The van der Waals surface area contributed by atoms with E-state index < -0.39 is 14.2 Å². The number of amides is 1. The second-order valence-electron chi connectivity index (χ2n) is 11.7. The molecule has 0 aliphatic heterocycles. The number of ether oxygens (including phenoxy) is 1. The summed E-state index contributed by atoms with van der Waals surface area (Å²) in [5.41, 5.74) is 3.34. The van der Waals surface area contributed by atoms with E-state index in [1.165, 1.54) is 5.56 Å². The molecule has 1 aliphatic carbocycles. The molecule has 1 saturated carbocycles. The third-order valence-corrected chi connectivity index (χ3v) is 9.57. The number of nitrogens with one attached hydrogen (secondary N) is 3. The van der Waals surface area contributed by atoms with Crippen molar-refractivity contribution in [1.82, 2.24) is 30.0 Å². The van der Waals surface area contributed by atoms with Gasteiger partial charge in [-0.1, -0.05) is 25.7 Å². The number of rotatable bonds is 12. The predicted octanol–water partition coefficient (Wildman–Crippen LogP) is 5.86. The van der Waals surface area contributed by atoms with Gasteiger partial charge in [-0.3, -0.25) is 0 Å². The second-order valence-corrected chi connectivity index (χ2v) is 18.1. The zero-order valence-electron chi connectivity index (χ0n) is 23.8. The number of hydrogen-bond donors (Lipinski definition) is 4. The van der Waals surface area contributed by atoms with Crippen molar-refractivity contribution in [3.8, 4) is 11.4 Å². The van der Waals surface area contributed by atoms with Crippen LogP contribution in [0.15, 0.2) is 41.2 Å². The molecular formula is C28H38N8O3SSi. The Morgan fingerprint density at radius 1 is 1.15 bits per heavy atom. The average Bonchev–Trinajstić information content (AvgIpc) is 3.58. The molecule has 0 aromatic carbocycles. The molecule has 4 aromatic rings. The molecule has 4 N–H and O–H groups in total. The van der Waals surface area contributed by atoms with Crippen LogP contribution >= 0.6 is 11.3 Å². The minimum Gasteiger partial charge on any atom is -0.465 e. The molecule has 41 heavy (non-hydrogen) atoms. The van der Waals surface area contributed by atoms with Crippen LogP contribution in [-0.4, -0.2) is 62.7 Å². The maximum absolute atomic E-state index is 11.0. The van der Waals surface area contributed by atoms with Gasteiger partial charge in [0.1, 0.15) is 18.2 Å². The van der Waals surface area contributed by atoms with Crippen molar-refractivity contribution in [2.45, 2.75) is 76.7 Å². The van der Waals surface area contributed by atoms with E-state index in [0.717, 1.165) is 48.6 Å². The summed E-state index contributed by atoms with van der Waals surface area (Å²) in [6, 6.07) is 9.21. The molecule has 218 valence electrons. The smallest absolute Gasteiger partial charge is 0.404 e. The van der Waals surface area contributed by atoms with Crippen LogP contribution in [0.5, 0.6) is 0 Å². The van der Waals surface area contributed by atoms with E-state index in [2.05, 4.69) is 57.4 Å². The van der Waals surface area contributed by atoms with Crippen LogP contribution in [0.25, 0.3) is 22.4 Å². The third-order valence-electron chi connectivity index (χ3n) is 7.13. The summed E-state index contributed by atoms with van der Waals surface area (Å²) in [4.78, 5) is 25.3. The molecule has 1 fully saturated rings. The molecule has 0 radical (unpaired) electrons. The molecule has 4 heterocycles. The Morgan fingerprint density at radius 3 is 2.68 bits per heavy atom. The zero-order valence-corrected chi connectivity index (χ0v) is 25.6. The molecule has 0 unspecified atom stereocenters. The van der Waals surface area contributed by atoms with Crippen molar-refractivity contribution in [1.29, 1.82) is 0 Å². The summed E-state index contributed by atoms with van der Waals surface area (Å²) in [5, 5.41) is 28.3. The van der Waals surface area contributed by atoms with E-state index in [1.807, 2.05) is 18.2 Å². The van der Waals surface area contributed by atoms with Crippen molar-refractivity contribution in [3.05, 3.63) is 46.8 Å². The number of pyridine rings is 1. The van der Waals surface area contributed by atoms with Crippen molar-refractivity contribution >= 4 is 48.3 Å². The van der Waals surface area contributed by atoms with Gasteiger partial charge in [0.15, 0.2) is 5.65 Å². The van der Waals surface area contributed by atoms with Crippen LogP contribution in [0, 0.1) is 0 Å². The maximum atomic E-state index is 11.0. The topological polar surface area (TPSA) is 139 Å². The molecule has 1 aliphatic rings. The van der Waals surface area contributed by atoms with Gasteiger partial charge in [-0.15, -0.1) is 0 Å². The molecule has 0 atom stereocenters. The van der Waals surface area contributed by atoms with Crippen molar-refractivity contribution < 1.29 is 14.6 Å². The van der Waals surface area contributed by atoms with Crippen LogP contribution in [0.4, 0.5) is 16.6 Å². The first kappa shape index (κ1) is 29.0. The van der Waals surface area contributed by atoms with Crippen molar-refractivity contribution in [2.24, 2.45) is 0 Å². The monoisotopic (exact) mass is 594 g/mol. The van der Waals surface area contributed by atoms with E-state index in [9.17, 15) is 4.79 Å². The molecule has 13 heteroatoms. The summed E-state index contributed by atoms with van der Waals surface area (Å²) < 4.78 is 7.85. The van der Waals surface area contributed by atoms with Gasteiger partial charge in [0.25, 0.3) is 0 Å². The lowest BCUT2D eigenvalue weighted by Crippen LogP contribution is -2.39.